The van der Waals surface area contributed by atoms with Gasteiger partial charge in [-0.1, -0.05) is 13.8 Å². The summed E-state index contributed by atoms with van der Waals surface area (Å²) in [5.41, 5.74) is 0. The molecule has 3 aliphatic heterocycles. The van der Waals surface area contributed by atoms with E-state index in [4.69, 9.17) is 0 Å². The number of amides is 2. The molecule has 25 heavy (non-hydrogen) atoms. The van der Waals surface area contributed by atoms with E-state index in [2.05, 4.69) is 17.1 Å². The summed E-state index contributed by atoms with van der Waals surface area (Å²) >= 11 is 0. The van der Waals surface area contributed by atoms with Gasteiger partial charge in [-0.2, -0.15) is 0 Å². The lowest BCUT2D eigenvalue weighted by Gasteiger charge is -2.36. The number of nitrogens with one attached hydrogen (secondary N) is 1. The summed E-state index contributed by atoms with van der Waals surface area (Å²) in [5.74, 6) is 2.11. The topological polar surface area (TPSA) is 52.7 Å². The average molecular weight is 372 g/mol. The zero-order valence-electron chi connectivity index (χ0n) is 15.7. The molecule has 0 saturated carbocycles. The summed E-state index contributed by atoms with van der Waals surface area (Å²) in [5, 5.41) is 3.49. The maximum absolute atomic E-state index is 13.0. The van der Waals surface area contributed by atoms with Crippen molar-refractivity contribution < 1.29 is 9.59 Å². The Morgan fingerprint density at radius 1 is 1.04 bits per heavy atom. The summed E-state index contributed by atoms with van der Waals surface area (Å²) in [7, 11) is 0. The van der Waals surface area contributed by atoms with E-state index in [0.717, 1.165) is 76.7 Å². The number of fused-ring (bicyclic) bond motifs is 1. The number of carbonyl (C=O) groups is 2. The number of rotatable bonds is 3. The molecule has 3 saturated heterocycles. The third-order valence-corrected chi connectivity index (χ3v) is 6.45. The van der Waals surface area contributed by atoms with Gasteiger partial charge in [0.15, 0.2) is 0 Å². The van der Waals surface area contributed by atoms with Crippen molar-refractivity contribution in [2.24, 2.45) is 23.7 Å². The van der Waals surface area contributed by atoms with Gasteiger partial charge in [-0.05, 0) is 57.0 Å². The maximum Gasteiger partial charge on any atom is 0.227 e. The number of hydrogen-bond donors (Lipinski definition) is 1. The Morgan fingerprint density at radius 2 is 1.68 bits per heavy atom. The first-order chi connectivity index (χ1) is 11.6. The summed E-state index contributed by atoms with van der Waals surface area (Å²) in [6, 6.07) is 0. The lowest BCUT2D eigenvalue weighted by atomic mass is 9.92. The van der Waals surface area contributed by atoms with Crippen LogP contribution in [0.5, 0.6) is 0 Å². The monoisotopic (exact) mass is 371 g/mol. The molecule has 0 aliphatic carbocycles. The zero-order chi connectivity index (χ0) is 17.1. The van der Waals surface area contributed by atoms with E-state index >= 15 is 0 Å². The summed E-state index contributed by atoms with van der Waals surface area (Å²) in [6.07, 6.45) is 5.03. The molecule has 0 aromatic rings. The van der Waals surface area contributed by atoms with Crippen LogP contribution in [0.1, 0.15) is 46.0 Å². The summed E-state index contributed by atoms with van der Waals surface area (Å²) < 4.78 is 0. The number of piperidine rings is 1. The van der Waals surface area contributed by atoms with E-state index < -0.39 is 0 Å². The van der Waals surface area contributed by atoms with Crippen LogP contribution < -0.4 is 5.32 Å². The molecule has 1 N–H and O–H groups in total. The highest BCUT2D eigenvalue weighted by atomic mass is 35.5. The fraction of sp³-hybridized carbons (Fsp3) is 0.895. The van der Waals surface area contributed by atoms with Crippen molar-refractivity contribution >= 4 is 24.2 Å². The van der Waals surface area contributed by atoms with Gasteiger partial charge in [0.2, 0.25) is 11.8 Å². The normalized spacial score (nSPS) is 30.9. The molecule has 0 bridgehead atoms. The molecule has 3 heterocycles. The van der Waals surface area contributed by atoms with Crippen molar-refractivity contribution in [2.75, 3.05) is 39.3 Å². The molecule has 144 valence electrons. The average Bonchev–Trinajstić information content (AvgIpc) is 2.98. The smallest absolute Gasteiger partial charge is 0.227 e. The molecule has 3 aliphatic rings. The Morgan fingerprint density at radius 3 is 2.28 bits per heavy atom. The predicted molar refractivity (Wildman–Crippen MR) is 102 cm³/mol. The van der Waals surface area contributed by atoms with E-state index in [-0.39, 0.29) is 30.2 Å². The molecule has 2 unspecified atom stereocenters. The van der Waals surface area contributed by atoms with Crippen LogP contribution in [0.25, 0.3) is 0 Å². The second-order valence-electron chi connectivity index (χ2n) is 8.01. The van der Waals surface area contributed by atoms with Crippen LogP contribution in [-0.2, 0) is 9.59 Å². The molecule has 0 aromatic heterocycles. The van der Waals surface area contributed by atoms with Crippen molar-refractivity contribution in [3.63, 3.8) is 0 Å². The van der Waals surface area contributed by atoms with E-state index in [1.54, 1.807) is 0 Å². The van der Waals surface area contributed by atoms with Crippen molar-refractivity contribution in [1.29, 1.82) is 0 Å². The molecule has 6 heteroatoms. The van der Waals surface area contributed by atoms with E-state index in [9.17, 15) is 9.59 Å². The molecule has 0 aromatic carbocycles. The first-order valence-electron chi connectivity index (χ1n) is 9.88. The van der Waals surface area contributed by atoms with Gasteiger partial charge in [0.1, 0.15) is 0 Å². The molecule has 0 radical (unpaired) electrons. The minimum atomic E-state index is 0. The van der Waals surface area contributed by atoms with Crippen molar-refractivity contribution in [3.8, 4) is 0 Å². The molecule has 3 rings (SSSR count). The van der Waals surface area contributed by atoms with E-state index in [1.165, 1.54) is 0 Å². The largest absolute Gasteiger partial charge is 0.342 e. The van der Waals surface area contributed by atoms with Crippen LogP contribution in [0, 0.1) is 23.7 Å². The molecule has 3 fully saturated rings. The number of hydrogen-bond acceptors (Lipinski definition) is 3. The number of likely N-dealkylation sites (tertiary alicyclic amines) is 2. The molecular weight excluding hydrogens is 338 g/mol. The van der Waals surface area contributed by atoms with Crippen LogP contribution in [0.4, 0.5) is 0 Å². The van der Waals surface area contributed by atoms with Crippen LogP contribution in [0.15, 0.2) is 0 Å². The molecule has 5 nitrogen and oxygen atoms in total. The van der Waals surface area contributed by atoms with Crippen LogP contribution in [0.3, 0.4) is 0 Å². The highest BCUT2D eigenvalue weighted by Gasteiger charge is 2.35. The molecule has 0 spiro atoms. The maximum atomic E-state index is 13.0. The van der Waals surface area contributed by atoms with Gasteiger partial charge in [-0.15, -0.1) is 12.4 Å². The summed E-state index contributed by atoms with van der Waals surface area (Å²) in [6.45, 7) is 9.54. The van der Waals surface area contributed by atoms with Crippen LogP contribution in [0.2, 0.25) is 0 Å². The molecular formula is C19H34ClN3O2. The van der Waals surface area contributed by atoms with Crippen molar-refractivity contribution in [1.82, 2.24) is 15.1 Å². The highest BCUT2D eigenvalue weighted by Crippen LogP contribution is 2.29. The minimum Gasteiger partial charge on any atom is -0.342 e. The minimum absolute atomic E-state index is 0. The first kappa shape index (κ1) is 20.5. The Bertz CT molecular complexity index is 460. The second kappa shape index (κ2) is 9.22. The standard InChI is InChI=1S/C19H33N3O2.ClH/c1-3-14(2)18(23)22-8-4-5-17(13-22)19(24)21-9-6-15-11-20-12-16(15)7-10-21;/h14-17,20H,3-13H2,1-2H3;1H/t14?,15-,16+,17?;. The van der Waals surface area contributed by atoms with Gasteiger partial charge < -0.3 is 15.1 Å². The van der Waals surface area contributed by atoms with E-state index in [1.807, 2.05) is 11.8 Å². The number of nitrogens with zero attached hydrogens (tertiary/aromatic N) is 2. The number of halogens is 1. The summed E-state index contributed by atoms with van der Waals surface area (Å²) in [4.78, 5) is 29.5. The lowest BCUT2D eigenvalue weighted by molar-refractivity contribution is -0.142. The van der Waals surface area contributed by atoms with Crippen LogP contribution in [-0.4, -0.2) is 60.9 Å². The zero-order valence-corrected chi connectivity index (χ0v) is 16.5. The second-order valence-corrected chi connectivity index (χ2v) is 8.01. The molecule has 4 atom stereocenters. The van der Waals surface area contributed by atoms with E-state index in [0.29, 0.717) is 12.5 Å². The van der Waals surface area contributed by atoms with Gasteiger partial charge >= 0.3 is 0 Å². The third kappa shape index (κ3) is 4.68. The van der Waals surface area contributed by atoms with Crippen molar-refractivity contribution in [3.05, 3.63) is 0 Å². The van der Waals surface area contributed by atoms with Gasteiger partial charge in [0, 0.05) is 32.1 Å². The first-order valence-corrected chi connectivity index (χ1v) is 9.88. The lowest BCUT2D eigenvalue weighted by Crippen LogP contribution is -2.48. The van der Waals surface area contributed by atoms with Crippen LogP contribution >= 0.6 is 12.4 Å². The Hall–Kier alpha value is -0.810. The van der Waals surface area contributed by atoms with Gasteiger partial charge in [-0.25, -0.2) is 0 Å². The fourth-order valence-electron chi connectivity index (χ4n) is 4.56. The Kier molecular flexibility index (Phi) is 7.56. The highest BCUT2D eigenvalue weighted by molar-refractivity contribution is 5.85. The third-order valence-electron chi connectivity index (χ3n) is 6.45. The Labute approximate surface area is 158 Å². The van der Waals surface area contributed by atoms with Gasteiger partial charge in [-0.3, -0.25) is 9.59 Å². The van der Waals surface area contributed by atoms with Crippen molar-refractivity contribution in [2.45, 2.75) is 46.0 Å². The molecule has 2 amide bonds. The Balaban J connectivity index is 0.00000225. The quantitative estimate of drug-likeness (QED) is 0.827. The SMILES string of the molecule is CCC(C)C(=O)N1CCCC(C(=O)N2CC[C@@H]3CNC[C@@H]3CC2)C1.Cl. The number of carbonyl (C=O) groups excluding carboxylic acids is 2. The van der Waals surface area contributed by atoms with Gasteiger partial charge in [0.25, 0.3) is 0 Å². The van der Waals surface area contributed by atoms with Gasteiger partial charge in [0.05, 0.1) is 5.92 Å². The fourth-order valence-corrected chi connectivity index (χ4v) is 4.56. The predicted octanol–water partition coefficient (Wildman–Crippen LogP) is 2.15.